The van der Waals surface area contributed by atoms with Gasteiger partial charge in [0.1, 0.15) is 5.82 Å². The number of hydrogen-bond donors (Lipinski definition) is 3. The Hall–Kier alpha value is -2.93. The third-order valence-electron chi connectivity index (χ3n) is 3.79. The number of amides is 3. The van der Waals surface area contributed by atoms with Gasteiger partial charge in [0.25, 0.3) is 5.91 Å². The molecule has 6 nitrogen and oxygen atoms in total. The van der Waals surface area contributed by atoms with Crippen molar-refractivity contribution in [3.05, 3.63) is 58.9 Å². The van der Waals surface area contributed by atoms with E-state index in [0.717, 1.165) is 0 Å². The van der Waals surface area contributed by atoms with Gasteiger partial charge in [-0.3, -0.25) is 14.4 Å². The summed E-state index contributed by atoms with van der Waals surface area (Å²) in [5, 5.41) is 8.13. The predicted octanol–water partition coefficient (Wildman–Crippen LogP) is 3.83. The van der Waals surface area contributed by atoms with Gasteiger partial charge >= 0.3 is 0 Å². The average molecular weight is 406 g/mol. The second-order valence-electron chi connectivity index (χ2n) is 6.37. The van der Waals surface area contributed by atoms with E-state index in [0.29, 0.717) is 16.4 Å². The van der Waals surface area contributed by atoms with Crippen LogP contribution in [-0.2, 0) is 9.59 Å². The van der Waals surface area contributed by atoms with Crippen LogP contribution < -0.4 is 16.0 Å². The van der Waals surface area contributed by atoms with Crippen LogP contribution in [0.1, 0.15) is 30.6 Å². The molecule has 0 aliphatic carbocycles. The first-order valence-corrected chi connectivity index (χ1v) is 9.08. The molecule has 0 saturated heterocycles. The van der Waals surface area contributed by atoms with Crippen LogP contribution in [0, 0.1) is 11.7 Å². The molecule has 2 rings (SSSR count). The molecule has 0 aromatic heterocycles. The minimum Gasteiger partial charge on any atom is -0.351 e. The molecule has 0 aliphatic heterocycles. The van der Waals surface area contributed by atoms with Crippen LogP contribution in [0.3, 0.4) is 0 Å². The van der Waals surface area contributed by atoms with Crippen molar-refractivity contribution in [2.45, 2.75) is 20.3 Å². The zero-order chi connectivity index (χ0) is 20.7. The Balaban J connectivity index is 1.84. The van der Waals surface area contributed by atoms with Crippen LogP contribution in [-0.4, -0.2) is 24.3 Å². The van der Waals surface area contributed by atoms with E-state index in [4.69, 9.17) is 11.6 Å². The van der Waals surface area contributed by atoms with Gasteiger partial charge in [0.05, 0.1) is 16.3 Å². The van der Waals surface area contributed by atoms with Crippen molar-refractivity contribution in [2.24, 2.45) is 5.92 Å². The van der Waals surface area contributed by atoms with Crippen LogP contribution >= 0.6 is 11.6 Å². The highest BCUT2D eigenvalue weighted by molar-refractivity contribution is 6.34. The Bertz CT molecular complexity index is 887. The summed E-state index contributed by atoms with van der Waals surface area (Å²) >= 11 is 6.13. The third-order valence-corrected chi connectivity index (χ3v) is 4.10. The van der Waals surface area contributed by atoms with Crippen molar-refractivity contribution in [1.29, 1.82) is 0 Å². The van der Waals surface area contributed by atoms with E-state index in [1.54, 1.807) is 32.0 Å². The number of benzene rings is 2. The van der Waals surface area contributed by atoms with Crippen molar-refractivity contribution in [3.8, 4) is 0 Å². The first-order chi connectivity index (χ1) is 13.3. The van der Waals surface area contributed by atoms with E-state index in [-0.39, 0.29) is 36.3 Å². The molecular weight excluding hydrogens is 385 g/mol. The van der Waals surface area contributed by atoms with Crippen LogP contribution in [0.2, 0.25) is 5.02 Å². The number of hydrogen-bond acceptors (Lipinski definition) is 3. The summed E-state index contributed by atoms with van der Waals surface area (Å²) in [6, 6.07) is 10.3. The first kappa shape index (κ1) is 21.4. The van der Waals surface area contributed by atoms with Gasteiger partial charge in [0.2, 0.25) is 11.8 Å². The Morgan fingerprint density at radius 1 is 1.07 bits per heavy atom. The van der Waals surface area contributed by atoms with Crippen LogP contribution in [0.4, 0.5) is 15.8 Å². The maximum Gasteiger partial charge on any atom is 0.254 e. The second-order valence-corrected chi connectivity index (χ2v) is 6.78. The van der Waals surface area contributed by atoms with Gasteiger partial charge in [-0.05, 0) is 30.3 Å². The summed E-state index contributed by atoms with van der Waals surface area (Å²) in [6.45, 7) is 3.58. The van der Waals surface area contributed by atoms with Crippen molar-refractivity contribution in [1.82, 2.24) is 5.32 Å². The lowest BCUT2D eigenvalue weighted by atomic mass is 10.2. The molecule has 2 aromatic rings. The lowest BCUT2D eigenvalue weighted by molar-refractivity contribution is -0.119. The fourth-order valence-corrected chi connectivity index (χ4v) is 2.45. The molecule has 0 spiro atoms. The normalized spacial score (nSPS) is 10.5. The molecule has 0 fully saturated rings. The lowest BCUT2D eigenvalue weighted by Gasteiger charge is -2.11. The van der Waals surface area contributed by atoms with Gasteiger partial charge in [-0.15, -0.1) is 0 Å². The molecule has 8 heteroatoms. The molecule has 0 heterocycles. The number of rotatable bonds is 7. The van der Waals surface area contributed by atoms with Gasteiger partial charge in [-0.2, -0.15) is 0 Å². The molecule has 0 bridgehead atoms. The Kier molecular flexibility index (Phi) is 7.52. The fraction of sp³-hybridized carbons (Fsp3) is 0.250. The monoisotopic (exact) mass is 405 g/mol. The maximum absolute atomic E-state index is 13.5. The zero-order valence-corrected chi connectivity index (χ0v) is 16.3. The average Bonchev–Trinajstić information content (AvgIpc) is 2.64. The van der Waals surface area contributed by atoms with Gasteiger partial charge in [-0.1, -0.05) is 37.6 Å². The summed E-state index contributed by atoms with van der Waals surface area (Å²) < 4.78 is 13.5. The number of carbonyl (C=O) groups is 3. The molecule has 2 aromatic carbocycles. The van der Waals surface area contributed by atoms with Crippen molar-refractivity contribution < 1.29 is 18.8 Å². The van der Waals surface area contributed by atoms with Crippen LogP contribution in [0.15, 0.2) is 42.5 Å². The van der Waals surface area contributed by atoms with E-state index in [1.165, 1.54) is 24.3 Å². The van der Waals surface area contributed by atoms with Gasteiger partial charge in [-0.25, -0.2) is 4.39 Å². The van der Waals surface area contributed by atoms with Crippen molar-refractivity contribution in [3.63, 3.8) is 0 Å². The molecule has 0 atom stereocenters. The number of halogens is 2. The van der Waals surface area contributed by atoms with Gasteiger partial charge in [0, 0.05) is 24.6 Å². The van der Waals surface area contributed by atoms with E-state index >= 15 is 0 Å². The molecule has 3 amide bonds. The molecule has 28 heavy (non-hydrogen) atoms. The van der Waals surface area contributed by atoms with E-state index < -0.39 is 11.7 Å². The third kappa shape index (κ3) is 6.06. The standard InChI is InChI=1S/C20H21ClFN3O3/c1-12(2)19(27)25-17-8-7-13(11-15(17)21)24-18(26)9-10-23-20(28)14-5-3-4-6-16(14)22/h3-8,11-12H,9-10H2,1-2H3,(H,23,28)(H,24,26)(H,25,27). The molecule has 3 N–H and O–H groups in total. The Morgan fingerprint density at radius 3 is 2.43 bits per heavy atom. The summed E-state index contributed by atoms with van der Waals surface area (Å²) in [6.07, 6.45) is 0.00362. The van der Waals surface area contributed by atoms with Gasteiger partial charge in [0.15, 0.2) is 0 Å². The zero-order valence-electron chi connectivity index (χ0n) is 15.5. The quantitative estimate of drug-likeness (QED) is 0.654. The highest BCUT2D eigenvalue weighted by Gasteiger charge is 2.12. The topological polar surface area (TPSA) is 87.3 Å². The highest BCUT2D eigenvalue weighted by Crippen LogP contribution is 2.26. The van der Waals surface area contributed by atoms with Crippen molar-refractivity contribution >= 4 is 40.7 Å². The summed E-state index contributed by atoms with van der Waals surface area (Å²) in [7, 11) is 0. The lowest BCUT2D eigenvalue weighted by Crippen LogP contribution is -2.28. The molecular formula is C20H21ClFN3O3. The Morgan fingerprint density at radius 2 is 1.79 bits per heavy atom. The van der Waals surface area contributed by atoms with Gasteiger partial charge < -0.3 is 16.0 Å². The molecule has 148 valence electrons. The summed E-state index contributed by atoms with van der Waals surface area (Å²) in [5.74, 6) is -1.90. The van der Waals surface area contributed by atoms with E-state index in [9.17, 15) is 18.8 Å². The molecule has 0 saturated carbocycles. The predicted molar refractivity (Wildman–Crippen MR) is 107 cm³/mol. The summed E-state index contributed by atoms with van der Waals surface area (Å²) in [5.41, 5.74) is 0.835. The minimum absolute atomic E-state index is 0.00362. The second kappa shape index (κ2) is 9.85. The van der Waals surface area contributed by atoms with Crippen LogP contribution in [0.5, 0.6) is 0 Å². The van der Waals surface area contributed by atoms with Crippen molar-refractivity contribution in [2.75, 3.05) is 17.2 Å². The fourth-order valence-electron chi connectivity index (χ4n) is 2.22. The largest absolute Gasteiger partial charge is 0.351 e. The Labute approximate surface area is 167 Å². The minimum atomic E-state index is -0.622. The smallest absolute Gasteiger partial charge is 0.254 e. The van der Waals surface area contributed by atoms with Crippen LogP contribution in [0.25, 0.3) is 0 Å². The van der Waals surface area contributed by atoms with E-state index in [1.807, 2.05) is 0 Å². The molecule has 0 unspecified atom stereocenters. The maximum atomic E-state index is 13.5. The molecule has 0 aliphatic rings. The number of carbonyl (C=O) groups excluding carboxylic acids is 3. The summed E-state index contributed by atoms with van der Waals surface area (Å²) in [4.78, 5) is 35.6. The first-order valence-electron chi connectivity index (χ1n) is 8.71. The van der Waals surface area contributed by atoms with E-state index in [2.05, 4.69) is 16.0 Å². The number of anilines is 2. The SMILES string of the molecule is CC(C)C(=O)Nc1ccc(NC(=O)CCNC(=O)c2ccccc2F)cc1Cl. The number of nitrogens with one attached hydrogen (secondary N) is 3. The molecule has 0 radical (unpaired) electrons. The highest BCUT2D eigenvalue weighted by atomic mass is 35.5.